The van der Waals surface area contributed by atoms with Crippen molar-refractivity contribution in [3.8, 4) is 0 Å². The Bertz CT molecular complexity index is 612. The van der Waals surface area contributed by atoms with E-state index in [1.165, 1.54) is 6.07 Å². The van der Waals surface area contributed by atoms with Crippen molar-refractivity contribution in [2.24, 2.45) is 5.73 Å². The van der Waals surface area contributed by atoms with Crippen molar-refractivity contribution in [3.05, 3.63) is 29.3 Å². The van der Waals surface area contributed by atoms with E-state index < -0.39 is 16.3 Å². The molecule has 0 saturated heterocycles. The minimum Gasteiger partial charge on any atom is -0.452 e. The molecule has 19 heavy (non-hydrogen) atoms. The molecule has 104 valence electrons. The maximum absolute atomic E-state index is 11.6. The molecule has 9 heteroatoms. The molecule has 0 aromatic heterocycles. The molecular weight excluding hydrogens is 272 g/mol. The van der Waals surface area contributed by atoms with E-state index in [-0.39, 0.29) is 17.1 Å². The van der Waals surface area contributed by atoms with Crippen LogP contribution in [-0.2, 0) is 14.9 Å². The Morgan fingerprint density at radius 1 is 1.42 bits per heavy atom. The van der Waals surface area contributed by atoms with Gasteiger partial charge in [-0.25, -0.2) is 9.52 Å². The minimum atomic E-state index is -4.15. The number of anilines is 1. The SMILES string of the molecule is COC(=O)NS(=O)(=O)Nc1cccc(C)c1C(=N)N. The first-order valence-electron chi connectivity index (χ1n) is 5.09. The zero-order valence-electron chi connectivity index (χ0n) is 10.4. The number of carbonyl (C=O) groups excluding carboxylic acids is 1. The number of nitrogens with one attached hydrogen (secondary N) is 3. The first kappa shape index (κ1) is 14.8. The maximum atomic E-state index is 11.6. The Hall–Kier alpha value is -2.29. The Morgan fingerprint density at radius 3 is 2.58 bits per heavy atom. The van der Waals surface area contributed by atoms with Gasteiger partial charge in [0.25, 0.3) is 0 Å². The van der Waals surface area contributed by atoms with Gasteiger partial charge in [-0.3, -0.25) is 10.1 Å². The molecule has 0 atom stereocenters. The highest BCUT2D eigenvalue weighted by Gasteiger charge is 2.17. The lowest BCUT2D eigenvalue weighted by molar-refractivity contribution is 0.177. The Kier molecular flexibility index (Phi) is 4.33. The number of amidine groups is 1. The van der Waals surface area contributed by atoms with Gasteiger partial charge in [0.15, 0.2) is 0 Å². The zero-order valence-corrected chi connectivity index (χ0v) is 11.2. The van der Waals surface area contributed by atoms with Gasteiger partial charge in [-0.2, -0.15) is 8.42 Å². The number of rotatable bonds is 4. The molecule has 5 N–H and O–H groups in total. The molecule has 0 unspecified atom stereocenters. The summed E-state index contributed by atoms with van der Waals surface area (Å²) in [6, 6.07) is 4.71. The third-order valence-corrected chi connectivity index (χ3v) is 3.11. The van der Waals surface area contributed by atoms with Crippen LogP contribution in [0.15, 0.2) is 18.2 Å². The van der Waals surface area contributed by atoms with Gasteiger partial charge < -0.3 is 10.5 Å². The van der Waals surface area contributed by atoms with E-state index in [9.17, 15) is 13.2 Å². The first-order chi connectivity index (χ1) is 8.76. The average molecular weight is 286 g/mol. The van der Waals surface area contributed by atoms with E-state index >= 15 is 0 Å². The number of ether oxygens (including phenoxy) is 1. The average Bonchev–Trinajstić information content (AvgIpc) is 2.26. The second-order valence-electron chi connectivity index (χ2n) is 3.61. The molecular formula is C10H14N4O4S. The monoisotopic (exact) mass is 286 g/mol. The van der Waals surface area contributed by atoms with Crippen molar-refractivity contribution in [2.45, 2.75) is 6.92 Å². The quantitative estimate of drug-likeness (QED) is 0.466. The third kappa shape index (κ3) is 3.85. The van der Waals surface area contributed by atoms with Crippen LogP contribution in [0.1, 0.15) is 11.1 Å². The number of benzene rings is 1. The van der Waals surface area contributed by atoms with Crippen molar-refractivity contribution in [2.75, 3.05) is 11.8 Å². The third-order valence-electron chi connectivity index (χ3n) is 2.19. The van der Waals surface area contributed by atoms with E-state index in [0.29, 0.717) is 5.56 Å². The summed E-state index contributed by atoms with van der Waals surface area (Å²) in [5, 5.41) is 7.43. The molecule has 1 aromatic rings. The molecule has 1 aromatic carbocycles. The van der Waals surface area contributed by atoms with E-state index in [1.54, 1.807) is 23.8 Å². The van der Waals surface area contributed by atoms with E-state index in [1.807, 2.05) is 0 Å². The molecule has 1 amide bonds. The second-order valence-corrected chi connectivity index (χ2v) is 5.03. The molecule has 8 nitrogen and oxygen atoms in total. The minimum absolute atomic E-state index is 0.101. The second kappa shape index (κ2) is 5.57. The van der Waals surface area contributed by atoms with Gasteiger partial charge >= 0.3 is 16.3 Å². The number of hydrogen-bond donors (Lipinski definition) is 4. The smallest absolute Gasteiger partial charge is 0.422 e. The molecule has 0 radical (unpaired) electrons. The molecule has 0 aliphatic rings. The summed E-state index contributed by atoms with van der Waals surface area (Å²) in [4.78, 5) is 10.9. The largest absolute Gasteiger partial charge is 0.452 e. The van der Waals surface area contributed by atoms with E-state index in [4.69, 9.17) is 11.1 Å². The summed E-state index contributed by atoms with van der Waals surface area (Å²) in [5.74, 6) is -0.283. The van der Waals surface area contributed by atoms with Crippen LogP contribution in [0.25, 0.3) is 0 Å². The number of hydrogen-bond acceptors (Lipinski definition) is 5. The number of aryl methyl sites for hydroxylation is 1. The van der Waals surface area contributed by atoms with Gasteiger partial charge in [0.1, 0.15) is 5.84 Å². The summed E-state index contributed by atoms with van der Waals surface area (Å²) >= 11 is 0. The van der Waals surface area contributed by atoms with Crippen LogP contribution in [0, 0.1) is 12.3 Å². The van der Waals surface area contributed by atoms with Gasteiger partial charge in [-0.15, -0.1) is 0 Å². The van der Waals surface area contributed by atoms with Crippen LogP contribution in [0.4, 0.5) is 10.5 Å². The van der Waals surface area contributed by atoms with E-state index in [2.05, 4.69) is 9.46 Å². The maximum Gasteiger partial charge on any atom is 0.422 e. The number of nitrogens with two attached hydrogens (primary N) is 1. The predicted molar refractivity (Wildman–Crippen MR) is 70.3 cm³/mol. The zero-order chi connectivity index (χ0) is 14.6. The van der Waals surface area contributed by atoms with E-state index in [0.717, 1.165) is 7.11 Å². The number of amides is 1. The molecule has 0 aliphatic carbocycles. The molecule has 0 spiro atoms. The Labute approximate surface area is 110 Å². The van der Waals surface area contributed by atoms with Gasteiger partial charge in [0.2, 0.25) is 0 Å². The molecule has 0 heterocycles. The predicted octanol–water partition coefficient (Wildman–Crippen LogP) is 0.292. The molecule has 0 fully saturated rings. The fourth-order valence-corrected chi connectivity index (χ4v) is 2.25. The summed E-state index contributed by atoms with van der Waals surface area (Å²) in [6.45, 7) is 1.68. The molecule has 1 rings (SSSR count). The van der Waals surface area contributed by atoms with Crippen LogP contribution in [-0.4, -0.2) is 27.5 Å². The highest BCUT2D eigenvalue weighted by Crippen LogP contribution is 2.19. The number of methoxy groups -OCH3 is 1. The lowest BCUT2D eigenvalue weighted by atomic mass is 10.1. The van der Waals surface area contributed by atoms with Crippen molar-refractivity contribution >= 4 is 27.8 Å². The topological polar surface area (TPSA) is 134 Å². The van der Waals surface area contributed by atoms with Crippen molar-refractivity contribution in [1.29, 1.82) is 5.41 Å². The van der Waals surface area contributed by atoms with Crippen LogP contribution < -0.4 is 15.2 Å². The summed E-state index contributed by atoms with van der Waals surface area (Å²) in [5.41, 5.74) is 6.38. The summed E-state index contributed by atoms with van der Waals surface area (Å²) in [7, 11) is -3.11. The van der Waals surface area contributed by atoms with Crippen LogP contribution in [0.2, 0.25) is 0 Å². The Balaban J connectivity index is 3.10. The number of nitrogen functional groups attached to an aromatic ring is 1. The van der Waals surface area contributed by atoms with Crippen LogP contribution >= 0.6 is 0 Å². The fourth-order valence-electron chi connectivity index (χ4n) is 1.43. The lowest BCUT2D eigenvalue weighted by Gasteiger charge is -2.13. The molecule has 0 bridgehead atoms. The standard InChI is InChI=1S/C10H14N4O4S/c1-6-4-3-5-7(8(6)9(11)12)13-19(16,17)14-10(15)18-2/h3-5,13H,1-2H3,(H3,11,12)(H,14,15). The molecule has 0 saturated carbocycles. The highest BCUT2D eigenvalue weighted by molar-refractivity contribution is 7.91. The van der Waals surface area contributed by atoms with Crippen LogP contribution in [0.3, 0.4) is 0 Å². The lowest BCUT2D eigenvalue weighted by Crippen LogP contribution is -2.35. The van der Waals surface area contributed by atoms with Crippen molar-refractivity contribution < 1.29 is 17.9 Å². The van der Waals surface area contributed by atoms with Crippen LogP contribution in [0.5, 0.6) is 0 Å². The summed E-state index contributed by atoms with van der Waals surface area (Å²) < 4.78 is 31.2. The normalized spacial score (nSPS) is 10.6. The van der Waals surface area contributed by atoms with Crippen molar-refractivity contribution in [1.82, 2.24) is 4.72 Å². The fraction of sp³-hybridized carbons (Fsp3) is 0.200. The first-order valence-corrected chi connectivity index (χ1v) is 6.57. The molecule has 0 aliphatic heterocycles. The highest BCUT2D eigenvalue weighted by atomic mass is 32.2. The Morgan fingerprint density at radius 2 is 2.05 bits per heavy atom. The summed E-state index contributed by atoms with van der Waals surface area (Å²) in [6.07, 6.45) is -1.12. The van der Waals surface area contributed by atoms with Gasteiger partial charge in [0.05, 0.1) is 12.8 Å². The van der Waals surface area contributed by atoms with Gasteiger partial charge in [-0.1, -0.05) is 12.1 Å². The van der Waals surface area contributed by atoms with Crippen molar-refractivity contribution in [3.63, 3.8) is 0 Å². The number of carbonyl (C=O) groups is 1. The van der Waals surface area contributed by atoms with Gasteiger partial charge in [-0.05, 0) is 18.6 Å². The van der Waals surface area contributed by atoms with Gasteiger partial charge in [0, 0.05) is 5.56 Å².